The zero-order valence-electron chi connectivity index (χ0n) is 16.9. The predicted molar refractivity (Wildman–Crippen MR) is 111 cm³/mol. The van der Waals surface area contributed by atoms with Gasteiger partial charge in [-0.3, -0.25) is 0 Å². The van der Waals surface area contributed by atoms with Gasteiger partial charge in [-0.25, -0.2) is 8.42 Å². The molecular formula is C21H24F3N3O2S. The molecule has 0 atom stereocenters. The summed E-state index contributed by atoms with van der Waals surface area (Å²) in [5.41, 5.74) is 2.39. The van der Waals surface area contributed by atoms with Gasteiger partial charge in [0.2, 0.25) is 10.0 Å². The third-order valence-corrected chi connectivity index (χ3v) is 7.70. The lowest BCUT2D eigenvalue weighted by Gasteiger charge is -2.35. The highest BCUT2D eigenvalue weighted by atomic mass is 32.2. The maximum absolute atomic E-state index is 13.1. The lowest BCUT2D eigenvalue weighted by Crippen LogP contribution is -2.48. The van der Waals surface area contributed by atoms with Gasteiger partial charge >= 0.3 is 6.18 Å². The van der Waals surface area contributed by atoms with Crippen molar-refractivity contribution in [1.29, 1.82) is 0 Å². The van der Waals surface area contributed by atoms with E-state index in [1.54, 1.807) is 25.1 Å². The first-order valence-corrected chi connectivity index (χ1v) is 11.3. The van der Waals surface area contributed by atoms with E-state index in [1.165, 1.54) is 4.31 Å². The Morgan fingerprint density at radius 2 is 1.63 bits per heavy atom. The SMILES string of the molecule is Cc1cc(N2CCN(S(=O)(=O)c3ccc4c(c3)CCN4C)CC2)cc(C(F)(F)F)c1. The molecule has 2 aromatic rings. The van der Waals surface area contributed by atoms with Gasteiger partial charge in [0.05, 0.1) is 10.5 Å². The van der Waals surface area contributed by atoms with Crippen molar-refractivity contribution in [2.75, 3.05) is 49.6 Å². The first-order valence-electron chi connectivity index (χ1n) is 9.84. The van der Waals surface area contributed by atoms with E-state index in [0.717, 1.165) is 36.3 Å². The van der Waals surface area contributed by atoms with Crippen LogP contribution in [0.15, 0.2) is 41.3 Å². The van der Waals surface area contributed by atoms with Crippen molar-refractivity contribution < 1.29 is 21.6 Å². The van der Waals surface area contributed by atoms with Crippen LogP contribution in [0, 0.1) is 6.92 Å². The van der Waals surface area contributed by atoms with E-state index >= 15 is 0 Å². The number of rotatable bonds is 3. The minimum atomic E-state index is -4.41. The summed E-state index contributed by atoms with van der Waals surface area (Å²) in [4.78, 5) is 4.19. The Kier molecular flexibility index (Phi) is 5.22. The average Bonchev–Trinajstić information content (AvgIpc) is 3.07. The summed E-state index contributed by atoms with van der Waals surface area (Å²) in [5.74, 6) is 0. The second kappa shape index (κ2) is 7.46. The van der Waals surface area contributed by atoms with Gasteiger partial charge in [0.15, 0.2) is 0 Å². The molecule has 1 fully saturated rings. The molecule has 0 amide bonds. The van der Waals surface area contributed by atoms with Crippen LogP contribution in [0.3, 0.4) is 0 Å². The third kappa shape index (κ3) is 3.88. The molecule has 0 aliphatic carbocycles. The standard InChI is InChI=1S/C21H24F3N3O2S/c1-15-11-17(21(22,23)24)14-18(12-15)26-7-9-27(10-8-26)30(28,29)19-3-4-20-16(13-19)5-6-25(20)2/h3-4,11-14H,5-10H2,1-2H3. The Labute approximate surface area is 174 Å². The summed E-state index contributed by atoms with van der Waals surface area (Å²) in [6.45, 7) is 3.64. The molecule has 162 valence electrons. The van der Waals surface area contributed by atoms with Crippen molar-refractivity contribution in [1.82, 2.24) is 4.31 Å². The highest BCUT2D eigenvalue weighted by Gasteiger charge is 2.33. The van der Waals surface area contributed by atoms with E-state index in [4.69, 9.17) is 0 Å². The predicted octanol–water partition coefficient (Wildman–Crippen LogP) is 3.52. The number of alkyl halides is 3. The fourth-order valence-corrected chi connectivity index (χ4v) is 5.62. The number of piperazine rings is 1. The van der Waals surface area contributed by atoms with E-state index in [0.29, 0.717) is 24.3 Å². The number of hydrogen-bond donors (Lipinski definition) is 0. The molecule has 2 aliphatic rings. The van der Waals surface area contributed by atoms with Gasteiger partial charge < -0.3 is 9.80 Å². The lowest BCUT2D eigenvalue weighted by molar-refractivity contribution is -0.137. The molecule has 1 saturated heterocycles. The van der Waals surface area contributed by atoms with E-state index in [-0.39, 0.29) is 18.0 Å². The van der Waals surface area contributed by atoms with Crippen LogP contribution in [0.2, 0.25) is 0 Å². The van der Waals surface area contributed by atoms with Crippen LogP contribution < -0.4 is 9.80 Å². The summed E-state index contributed by atoms with van der Waals surface area (Å²) in [5, 5.41) is 0. The van der Waals surface area contributed by atoms with E-state index in [1.807, 2.05) is 18.0 Å². The fraction of sp³-hybridized carbons (Fsp3) is 0.429. The summed E-state index contributed by atoms with van der Waals surface area (Å²) < 4.78 is 67.0. The van der Waals surface area contributed by atoms with Crippen LogP contribution in [0.1, 0.15) is 16.7 Å². The van der Waals surface area contributed by atoms with Gasteiger partial charge in [0, 0.05) is 51.1 Å². The lowest BCUT2D eigenvalue weighted by atomic mass is 10.1. The monoisotopic (exact) mass is 439 g/mol. The molecule has 0 saturated carbocycles. The number of fused-ring (bicyclic) bond motifs is 1. The first-order chi connectivity index (χ1) is 14.1. The van der Waals surface area contributed by atoms with Crippen molar-refractivity contribution in [3.63, 3.8) is 0 Å². The molecular weight excluding hydrogens is 415 g/mol. The number of benzene rings is 2. The molecule has 2 aromatic carbocycles. The van der Waals surface area contributed by atoms with Crippen LogP contribution in [0.5, 0.6) is 0 Å². The Balaban J connectivity index is 1.50. The first kappa shape index (κ1) is 21.0. The summed E-state index contributed by atoms with van der Waals surface area (Å²) >= 11 is 0. The van der Waals surface area contributed by atoms with Crippen molar-refractivity contribution >= 4 is 21.4 Å². The van der Waals surface area contributed by atoms with Crippen LogP contribution in [0.4, 0.5) is 24.5 Å². The summed E-state index contributed by atoms with van der Waals surface area (Å²) in [6.07, 6.45) is -3.59. The fourth-order valence-electron chi connectivity index (χ4n) is 4.15. The van der Waals surface area contributed by atoms with Crippen molar-refractivity contribution in [3.8, 4) is 0 Å². The number of likely N-dealkylation sites (N-methyl/N-ethyl adjacent to an activating group) is 1. The Morgan fingerprint density at radius 1 is 0.933 bits per heavy atom. The Bertz CT molecular complexity index is 1060. The van der Waals surface area contributed by atoms with Crippen LogP contribution >= 0.6 is 0 Å². The Hall–Kier alpha value is -2.26. The Morgan fingerprint density at radius 3 is 2.30 bits per heavy atom. The van der Waals surface area contributed by atoms with Gasteiger partial charge in [-0.15, -0.1) is 0 Å². The zero-order chi connectivity index (χ0) is 21.7. The summed E-state index contributed by atoms with van der Waals surface area (Å²) in [7, 11) is -1.66. The van der Waals surface area contributed by atoms with Gasteiger partial charge in [0.1, 0.15) is 0 Å². The quantitative estimate of drug-likeness (QED) is 0.734. The molecule has 0 bridgehead atoms. The number of aryl methyl sites for hydroxylation is 1. The maximum Gasteiger partial charge on any atom is 0.416 e. The van der Waals surface area contributed by atoms with Gasteiger partial charge in [-0.1, -0.05) is 0 Å². The summed E-state index contributed by atoms with van der Waals surface area (Å²) in [6, 6.07) is 9.19. The average molecular weight is 440 g/mol. The number of halogens is 3. The number of nitrogens with zero attached hydrogens (tertiary/aromatic N) is 3. The molecule has 0 aromatic heterocycles. The van der Waals surface area contributed by atoms with Crippen LogP contribution in [0.25, 0.3) is 0 Å². The highest BCUT2D eigenvalue weighted by molar-refractivity contribution is 7.89. The normalized spacial score (nSPS) is 18.0. The van der Waals surface area contributed by atoms with Gasteiger partial charge in [-0.05, 0) is 60.9 Å². The van der Waals surface area contributed by atoms with E-state index < -0.39 is 21.8 Å². The molecule has 0 N–H and O–H groups in total. The van der Waals surface area contributed by atoms with Gasteiger partial charge in [0.25, 0.3) is 0 Å². The topological polar surface area (TPSA) is 43.9 Å². The smallest absolute Gasteiger partial charge is 0.374 e. The molecule has 5 nitrogen and oxygen atoms in total. The molecule has 30 heavy (non-hydrogen) atoms. The zero-order valence-corrected chi connectivity index (χ0v) is 17.7. The second-order valence-electron chi connectivity index (χ2n) is 7.91. The molecule has 2 aliphatic heterocycles. The van der Waals surface area contributed by atoms with Crippen molar-refractivity contribution in [3.05, 3.63) is 53.1 Å². The molecule has 0 radical (unpaired) electrons. The number of sulfonamides is 1. The molecule has 0 spiro atoms. The number of hydrogen-bond acceptors (Lipinski definition) is 4. The molecule has 0 unspecified atom stereocenters. The van der Waals surface area contributed by atoms with E-state index in [2.05, 4.69) is 4.90 Å². The molecule has 4 rings (SSSR count). The minimum absolute atomic E-state index is 0.231. The minimum Gasteiger partial charge on any atom is -0.374 e. The highest BCUT2D eigenvalue weighted by Crippen LogP contribution is 2.34. The third-order valence-electron chi connectivity index (χ3n) is 5.81. The van der Waals surface area contributed by atoms with Crippen molar-refractivity contribution in [2.24, 2.45) is 0 Å². The number of anilines is 2. The van der Waals surface area contributed by atoms with Crippen LogP contribution in [-0.4, -0.2) is 52.5 Å². The van der Waals surface area contributed by atoms with Gasteiger partial charge in [-0.2, -0.15) is 17.5 Å². The molecule has 2 heterocycles. The van der Waals surface area contributed by atoms with Crippen molar-refractivity contribution in [2.45, 2.75) is 24.4 Å². The maximum atomic E-state index is 13.1. The second-order valence-corrected chi connectivity index (χ2v) is 9.85. The van der Waals surface area contributed by atoms with E-state index in [9.17, 15) is 21.6 Å². The largest absolute Gasteiger partial charge is 0.416 e. The molecule has 9 heteroatoms. The van der Waals surface area contributed by atoms with Crippen LogP contribution in [-0.2, 0) is 22.6 Å².